The lowest BCUT2D eigenvalue weighted by Crippen LogP contribution is -2.37. The number of hydrogen-bond acceptors (Lipinski definition) is 2. The molecule has 0 fully saturated rings. The maximum atomic E-state index is 11.1. The molecule has 0 saturated heterocycles. The molecule has 0 bridgehead atoms. The molecule has 0 aliphatic rings. The predicted molar refractivity (Wildman–Crippen MR) is 89.3 cm³/mol. The van der Waals surface area contributed by atoms with Crippen LogP contribution in [0, 0.1) is 0 Å². The molecule has 2 aromatic rings. The summed E-state index contributed by atoms with van der Waals surface area (Å²) in [6.45, 7) is 1.48. The van der Waals surface area contributed by atoms with Crippen molar-refractivity contribution in [3.63, 3.8) is 0 Å². The summed E-state index contributed by atoms with van der Waals surface area (Å²) in [4.78, 5) is 11.1. The van der Waals surface area contributed by atoms with Crippen LogP contribution in [0.3, 0.4) is 0 Å². The van der Waals surface area contributed by atoms with E-state index in [4.69, 9.17) is 0 Å². The molecule has 108 valence electrons. The average Bonchev–Trinajstić information content (AvgIpc) is 2.49. The van der Waals surface area contributed by atoms with Gasteiger partial charge in [0.1, 0.15) is 0 Å². The Hall–Kier alpha value is -1.91. The highest BCUT2D eigenvalue weighted by Crippen LogP contribution is 2.18. The Labute approximate surface area is 133 Å². The molecule has 0 unspecified atom stereocenters. The number of hydrazine groups is 1. The van der Waals surface area contributed by atoms with E-state index in [1.165, 1.54) is 6.92 Å². The Balaban J connectivity index is 2.17. The molecule has 1 amide bonds. The quantitative estimate of drug-likeness (QED) is 0.809. The predicted octanol–water partition coefficient (Wildman–Crippen LogP) is 3.84. The maximum absolute atomic E-state index is 11.1. The lowest BCUT2D eigenvalue weighted by molar-refractivity contribution is -0.120. The van der Waals surface area contributed by atoms with Gasteiger partial charge in [-0.15, -0.1) is 0 Å². The minimum absolute atomic E-state index is 0.0952. The smallest absolute Gasteiger partial charge is 0.230 e. The van der Waals surface area contributed by atoms with E-state index >= 15 is 0 Å². The van der Waals surface area contributed by atoms with Crippen LogP contribution in [-0.2, 0) is 4.79 Å². The van der Waals surface area contributed by atoms with Crippen molar-refractivity contribution in [2.75, 3.05) is 0 Å². The number of carbonyl (C=O) groups excluding carboxylic acids is 1. The van der Waals surface area contributed by atoms with Crippen molar-refractivity contribution in [2.45, 2.75) is 13.0 Å². The molecule has 2 rings (SSSR count). The van der Waals surface area contributed by atoms with Crippen molar-refractivity contribution < 1.29 is 4.79 Å². The van der Waals surface area contributed by atoms with E-state index in [2.05, 4.69) is 26.8 Å². The fraction of sp³-hybridized carbons (Fsp3) is 0.118. The zero-order chi connectivity index (χ0) is 15.1. The molecule has 3 nitrogen and oxygen atoms in total. The lowest BCUT2D eigenvalue weighted by Gasteiger charge is -2.16. The van der Waals surface area contributed by atoms with Crippen LogP contribution in [0.4, 0.5) is 0 Å². The highest BCUT2D eigenvalue weighted by Gasteiger charge is 2.07. The molecule has 0 aliphatic carbocycles. The van der Waals surface area contributed by atoms with Crippen LogP contribution in [0.2, 0.25) is 0 Å². The van der Waals surface area contributed by atoms with E-state index in [1.54, 1.807) is 0 Å². The fourth-order valence-electron chi connectivity index (χ4n) is 1.86. The first kappa shape index (κ1) is 15.5. The van der Waals surface area contributed by atoms with Crippen LogP contribution >= 0.6 is 15.9 Å². The largest absolute Gasteiger partial charge is 0.291 e. The number of amides is 1. The van der Waals surface area contributed by atoms with Crippen LogP contribution in [0.25, 0.3) is 6.08 Å². The van der Waals surface area contributed by atoms with Crippen LogP contribution in [-0.4, -0.2) is 5.91 Å². The molecule has 2 N–H and O–H groups in total. The second-order valence-electron chi connectivity index (χ2n) is 4.62. The van der Waals surface area contributed by atoms with E-state index in [9.17, 15) is 4.79 Å². The van der Waals surface area contributed by atoms with E-state index in [0.717, 1.165) is 15.6 Å². The van der Waals surface area contributed by atoms with Gasteiger partial charge in [-0.3, -0.25) is 10.2 Å². The summed E-state index contributed by atoms with van der Waals surface area (Å²) in [7, 11) is 0. The summed E-state index contributed by atoms with van der Waals surface area (Å²) in [6.07, 6.45) is 4.05. The van der Waals surface area contributed by atoms with Gasteiger partial charge < -0.3 is 0 Å². The maximum Gasteiger partial charge on any atom is 0.230 e. The van der Waals surface area contributed by atoms with Gasteiger partial charge in [0.25, 0.3) is 0 Å². The second kappa shape index (κ2) is 7.76. The van der Waals surface area contributed by atoms with Gasteiger partial charge in [-0.1, -0.05) is 70.5 Å². The second-order valence-corrected chi connectivity index (χ2v) is 5.54. The Morgan fingerprint density at radius 3 is 2.38 bits per heavy atom. The lowest BCUT2D eigenvalue weighted by atomic mass is 10.1. The van der Waals surface area contributed by atoms with E-state index < -0.39 is 0 Å². The van der Waals surface area contributed by atoms with Crippen LogP contribution in [0.1, 0.15) is 24.1 Å². The summed E-state index contributed by atoms with van der Waals surface area (Å²) >= 11 is 3.42. The average molecular weight is 345 g/mol. The van der Waals surface area contributed by atoms with Gasteiger partial charge in [0, 0.05) is 11.4 Å². The molecule has 4 heteroatoms. The minimum atomic E-state index is -0.120. The number of benzene rings is 2. The molecule has 0 radical (unpaired) electrons. The topological polar surface area (TPSA) is 41.1 Å². The van der Waals surface area contributed by atoms with Gasteiger partial charge >= 0.3 is 0 Å². The van der Waals surface area contributed by atoms with Crippen LogP contribution in [0.5, 0.6) is 0 Å². The third kappa shape index (κ3) is 5.17. The highest BCUT2D eigenvalue weighted by atomic mass is 79.9. The van der Waals surface area contributed by atoms with Crippen molar-refractivity contribution in [3.05, 3.63) is 76.3 Å². The standard InChI is InChI=1S/C17H17BrN2O/c1-13(21)19-20-17(15-8-10-16(18)11-9-15)12-7-14-5-3-2-4-6-14/h2-12,17,20H,1H3,(H,19,21)/b12-7+/t17-/m1/s1. The van der Waals surface area contributed by atoms with Crippen LogP contribution in [0.15, 0.2) is 65.1 Å². The van der Waals surface area contributed by atoms with Crippen molar-refractivity contribution in [1.82, 2.24) is 10.9 Å². The van der Waals surface area contributed by atoms with E-state index in [1.807, 2.05) is 66.7 Å². The van der Waals surface area contributed by atoms with Crippen LogP contribution < -0.4 is 10.9 Å². The summed E-state index contributed by atoms with van der Waals surface area (Å²) in [5.74, 6) is -0.120. The first-order chi connectivity index (χ1) is 10.1. The summed E-state index contributed by atoms with van der Waals surface area (Å²) in [5.41, 5.74) is 7.85. The molecule has 2 aromatic carbocycles. The van der Waals surface area contributed by atoms with Gasteiger partial charge in [-0.05, 0) is 23.3 Å². The number of halogens is 1. The Bertz CT molecular complexity index is 608. The van der Waals surface area contributed by atoms with Crippen molar-refractivity contribution in [2.24, 2.45) is 0 Å². The molecule has 0 saturated carbocycles. The van der Waals surface area contributed by atoms with E-state index in [-0.39, 0.29) is 11.9 Å². The molecular formula is C17H17BrN2O. The van der Waals surface area contributed by atoms with Gasteiger partial charge in [0.15, 0.2) is 0 Å². The Morgan fingerprint density at radius 2 is 1.76 bits per heavy atom. The third-order valence-electron chi connectivity index (χ3n) is 2.91. The number of carbonyl (C=O) groups is 1. The molecule has 0 aliphatic heterocycles. The zero-order valence-corrected chi connectivity index (χ0v) is 13.3. The number of nitrogens with one attached hydrogen (secondary N) is 2. The Morgan fingerprint density at radius 1 is 1.10 bits per heavy atom. The summed E-state index contributed by atoms with van der Waals surface area (Å²) in [5, 5.41) is 0. The SMILES string of the molecule is CC(=O)NN[C@H](/C=C/c1ccccc1)c1ccc(Br)cc1. The van der Waals surface area contributed by atoms with Crippen molar-refractivity contribution >= 4 is 27.9 Å². The zero-order valence-electron chi connectivity index (χ0n) is 11.7. The molecule has 21 heavy (non-hydrogen) atoms. The number of hydrogen-bond donors (Lipinski definition) is 2. The normalized spacial score (nSPS) is 12.3. The molecule has 1 atom stereocenters. The van der Waals surface area contributed by atoms with Crippen molar-refractivity contribution in [1.29, 1.82) is 0 Å². The monoisotopic (exact) mass is 344 g/mol. The molecule has 0 heterocycles. The minimum Gasteiger partial charge on any atom is -0.291 e. The summed E-state index contributed by atoms with van der Waals surface area (Å²) < 4.78 is 1.02. The summed E-state index contributed by atoms with van der Waals surface area (Å²) in [6, 6.07) is 17.9. The third-order valence-corrected chi connectivity index (χ3v) is 3.44. The molecule has 0 spiro atoms. The van der Waals surface area contributed by atoms with Gasteiger partial charge in [0.05, 0.1) is 6.04 Å². The first-order valence-electron chi connectivity index (χ1n) is 6.66. The first-order valence-corrected chi connectivity index (χ1v) is 7.45. The van der Waals surface area contributed by atoms with Gasteiger partial charge in [-0.2, -0.15) is 0 Å². The Kier molecular flexibility index (Phi) is 5.72. The molecule has 0 aromatic heterocycles. The molecular weight excluding hydrogens is 328 g/mol. The van der Waals surface area contributed by atoms with Gasteiger partial charge in [0.2, 0.25) is 5.91 Å². The van der Waals surface area contributed by atoms with E-state index in [0.29, 0.717) is 0 Å². The number of rotatable bonds is 5. The van der Waals surface area contributed by atoms with Gasteiger partial charge in [-0.25, -0.2) is 5.43 Å². The van der Waals surface area contributed by atoms with Crippen molar-refractivity contribution in [3.8, 4) is 0 Å². The highest BCUT2D eigenvalue weighted by molar-refractivity contribution is 9.10. The fourth-order valence-corrected chi connectivity index (χ4v) is 2.13.